The van der Waals surface area contributed by atoms with Crippen molar-refractivity contribution in [3.05, 3.63) is 77.9 Å². The monoisotopic (exact) mass is 251 g/mol. The average Bonchev–Trinajstić information content (AvgIpc) is 2.45. The van der Waals surface area contributed by atoms with Gasteiger partial charge in [0.25, 0.3) is 0 Å². The first-order chi connectivity index (χ1) is 9.25. The van der Waals surface area contributed by atoms with Gasteiger partial charge in [0.1, 0.15) is 0 Å². The summed E-state index contributed by atoms with van der Waals surface area (Å²) in [5, 5.41) is 2.89. The molecule has 0 aromatic heterocycles. The van der Waals surface area contributed by atoms with Gasteiger partial charge in [-0.3, -0.25) is 4.79 Å². The van der Waals surface area contributed by atoms with Crippen molar-refractivity contribution in [2.45, 2.75) is 13.3 Å². The van der Waals surface area contributed by atoms with Gasteiger partial charge in [0.15, 0.2) is 0 Å². The molecule has 1 N–H and O–H groups in total. The Balaban J connectivity index is 2.20. The summed E-state index contributed by atoms with van der Waals surface area (Å²) in [6.07, 6.45) is 2.84. The molecule has 0 aliphatic heterocycles. The van der Waals surface area contributed by atoms with E-state index >= 15 is 0 Å². The molecule has 2 aromatic rings. The third kappa shape index (κ3) is 4.11. The van der Waals surface area contributed by atoms with Gasteiger partial charge in [0.2, 0.25) is 5.91 Å². The zero-order valence-corrected chi connectivity index (χ0v) is 11.0. The Kier molecular flexibility index (Phi) is 4.51. The van der Waals surface area contributed by atoms with Crippen molar-refractivity contribution < 1.29 is 4.79 Å². The highest BCUT2D eigenvalue weighted by Gasteiger charge is 2.02. The molecule has 2 aromatic carbocycles. The number of allylic oxidation sites excluding steroid dienone is 1. The first-order valence-electron chi connectivity index (χ1n) is 6.33. The molecule has 0 aliphatic rings. The van der Waals surface area contributed by atoms with Crippen LogP contribution in [0.25, 0.3) is 5.70 Å². The van der Waals surface area contributed by atoms with Gasteiger partial charge in [0.05, 0.1) is 0 Å². The van der Waals surface area contributed by atoms with Crippen LogP contribution in [0, 0.1) is 0 Å². The van der Waals surface area contributed by atoms with Crippen LogP contribution in [0.2, 0.25) is 0 Å². The number of rotatable bonds is 4. The van der Waals surface area contributed by atoms with Gasteiger partial charge >= 0.3 is 0 Å². The van der Waals surface area contributed by atoms with E-state index in [-0.39, 0.29) is 5.91 Å². The van der Waals surface area contributed by atoms with Crippen LogP contribution in [0.5, 0.6) is 0 Å². The summed E-state index contributed by atoms with van der Waals surface area (Å²) >= 11 is 0. The Labute approximate surface area is 113 Å². The maximum Gasteiger partial charge on any atom is 0.221 e. The third-order valence-corrected chi connectivity index (χ3v) is 2.78. The maximum atomic E-state index is 11.3. The number of amides is 1. The van der Waals surface area contributed by atoms with Crippen LogP contribution in [0.1, 0.15) is 18.1 Å². The summed E-state index contributed by atoms with van der Waals surface area (Å²) in [5.41, 5.74) is 3.10. The largest absolute Gasteiger partial charge is 0.326 e. The molecule has 1 amide bonds. The normalized spacial score (nSPS) is 11.1. The van der Waals surface area contributed by atoms with Gasteiger partial charge in [-0.2, -0.15) is 0 Å². The van der Waals surface area contributed by atoms with E-state index in [1.807, 2.05) is 54.6 Å². The molecule has 0 radical (unpaired) electrons. The Hall–Kier alpha value is -2.35. The zero-order valence-electron chi connectivity index (χ0n) is 11.0. The topological polar surface area (TPSA) is 29.1 Å². The highest BCUT2D eigenvalue weighted by atomic mass is 16.1. The van der Waals surface area contributed by atoms with Gasteiger partial charge in [-0.05, 0) is 17.5 Å². The minimum atomic E-state index is -0.0526. The van der Waals surface area contributed by atoms with Crippen molar-refractivity contribution in [1.29, 1.82) is 0 Å². The van der Waals surface area contributed by atoms with Crippen LogP contribution in [0.4, 0.5) is 0 Å². The van der Waals surface area contributed by atoms with Crippen LogP contribution in [0.3, 0.4) is 0 Å². The van der Waals surface area contributed by atoms with E-state index in [1.165, 1.54) is 12.5 Å². The summed E-state index contributed by atoms with van der Waals surface area (Å²) in [6.45, 7) is 1.53. The number of nitrogens with one attached hydrogen (secondary N) is 1. The SMILES string of the molecule is CC(=O)N/C(=C/Cc1ccccc1)c1ccccc1. The van der Waals surface area contributed by atoms with Crippen LogP contribution >= 0.6 is 0 Å². The van der Waals surface area contributed by atoms with E-state index in [0.717, 1.165) is 17.7 Å². The lowest BCUT2D eigenvalue weighted by Crippen LogP contribution is -2.18. The van der Waals surface area contributed by atoms with E-state index in [1.54, 1.807) is 0 Å². The quantitative estimate of drug-likeness (QED) is 0.886. The number of benzene rings is 2. The predicted molar refractivity (Wildman–Crippen MR) is 78.4 cm³/mol. The van der Waals surface area contributed by atoms with Crippen LogP contribution < -0.4 is 5.32 Å². The summed E-state index contributed by atoms with van der Waals surface area (Å²) < 4.78 is 0. The van der Waals surface area contributed by atoms with Gasteiger partial charge in [-0.1, -0.05) is 66.7 Å². The standard InChI is InChI=1S/C17H17NO/c1-14(19)18-17(16-10-6-3-7-11-16)13-12-15-8-4-2-5-9-15/h2-11,13H,12H2,1H3,(H,18,19)/b17-13+. The molecule has 0 unspecified atom stereocenters. The summed E-state index contributed by atoms with van der Waals surface area (Å²) in [5.74, 6) is -0.0526. The lowest BCUT2D eigenvalue weighted by Gasteiger charge is -2.08. The minimum Gasteiger partial charge on any atom is -0.326 e. The molecule has 0 saturated heterocycles. The van der Waals surface area contributed by atoms with E-state index in [2.05, 4.69) is 17.4 Å². The lowest BCUT2D eigenvalue weighted by molar-refractivity contribution is -0.117. The highest BCUT2D eigenvalue weighted by Crippen LogP contribution is 2.12. The van der Waals surface area contributed by atoms with E-state index in [0.29, 0.717) is 0 Å². The molecule has 2 heteroatoms. The molecule has 0 bridgehead atoms. The predicted octanol–water partition coefficient (Wildman–Crippen LogP) is 3.41. The highest BCUT2D eigenvalue weighted by molar-refractivity contribution is 5.84. The second-order valence-electron chi connectivity index (χ2n) is 4.35. The molecule has 19 heavy (non-hydrogen) atoms. The van der Waals surface area contributed by atoms with Crippen molar-refractivity contribution in [3.63, 3.8) is 0 Å². The number of hydrogen-bond donors (Lipinski definition) is 1. The van der Waals surface area contributed by atoms with Crippen molar-refractivity contribution in [1.82, 2.24) is 5.32 Å². The third-order valence-electron chi connectivity index (χ3n) is 2.78. The van der Waals surface area contributed by atoms with Gasteiger partial charge in [-0.25, -0.2) is 0 Å². The van der Waals surface area contributed by atoms with Gasteiger partial charge in [0, 0.05) is 12.6 Å². The van der Waals surface area contributed by atoms with Crippen LogP contribution in [-0.4, -0.2) is 5.91 Å². The summed E-state index contributed by atoms with van der Waals surface area (Å²) in [7, 11) is 0. The molecule has 0 spiro atoms. The first kappa shape index (κ1) is 13.1. The average molecular weight is 251 g/mol. The maximum absolute atomic E-state index is 11.3. The smallest absolute Gasteiger partial charge is 0.221 e. The molecule has 0 aliphatic carbocycles. The molecule has 0 heterocycles. The number of hydrogen-bond acceptors (Lipinski definition) is 1. The Morgan fingerprint density at radius 3 is 2.16 bits per heavy atom. The summed E-state index contributed by atoms with van der Waals surface area (Å²) in [4.78, 5) is 11.3. The molecule has 0 fully saturated rings. The molecule has 2 nitrogen and oxygen atoms in total. The Morgan fingerprint density at radius 1 is 1.00 bits per heavy atom. The molecular weight excluding hydrogens is 234 g/mol. The van der Waals surface area contributed by atoms with Crippen molar-refractivity contribution >= 4 is 11.6 Å². The van der Waals surface area contributed by atoms with E-state index in [9.17, 15) is 4.79 Å². The molecule has 96 valence electrons. The fourth-order valence-corrected chi connectivity index (χ4v) is 1.88. The first-order valence-corrected chi connectivity index (χ1v) is 6.33. The molecule has 2 rings (SSSR count). The Morgan fingerprint density at radius 2 is 1.58 bits per heavy atom. The summed E-state index contributed by atoms with van der Waals surface area (Å²) in [6, 6.07) is 20.1. The Bertz CT molecular complexity index is 558. The van der Waals surface area contributed by atoms with Gasteiger partial charge in [-0.15, -0.1) is 0 Å². The lowest BCUT2D eigenvalue weighted by atomic mass is 10.1. The fourth-order valence-electron chi connectivity index (χ4n) is 1.88. The molecule has 0 saturated carbocycles. The number of carbonyl (C=O) groups excluding carboxylic acids is 1. The van der Waals surface area contributed by atoms with Crippen molar-refractivity contribution in [2.75, 3.05) is 0 Å². The fraction of sp³-hybridized carbons (Fsp3) is 0.118. The van der Waals surface area contributed by atoms with E-state index in [4.69, 9.17) is 0 Å². The second kappa shape index (κ2) is 6.55. The van der Waals surface area contributed by atoms with Gasteiger partial charge < -0.3 is 5.32 Å². The zero-order chi connectivity index (χ0) is 13.5. The van der Waals surface area contributed by atoms with Crippen LogP contribution in [-0.2, 0) is 11.2 Å². The molecular formula is C17H17NO. The van der Waals surface area contributed by atoms with Crippen molar-refractivity contribution in [3.8, 4) is 0 Å². The number of carbonyl (C=O) groups is 1. The molecule has 0 atom stereocenters. The van der Waals surface area contributed by atoms with E-state index < -0.39 is 0 Å². The minimum absolute atomic E-state index is 0.0526. The second-order valence-corrected chi connectivity index (χ2v) is 4.35. The van der Waals surface area contributed by atoms with Crippen LogP contribution in [0.15, 0.2) is 66.7 Å². The van der Waals surface area contributed by atoms with Crippen molar-refractivity contribution in [2.24, 2.45) is 0 Å².